The number of carbonyl (C=O) groups is 2. The molecule has 42 valence electrons. The molecule has 0 aromatic rings. The van der Waals surface area contributed by atoms with Gasteiger partial charge in [0.1, 0.15) is 0 Å². The standard InChI is InChI=1S/C4H4O3.Ca.2H/c1-2-4(6)7-3-5;;;/h2-3H,1H2;;;. The molecule has 0 N–H and O–H groups in total. The Labute approximate surface area is 76.7 Å². The molecule has 0 spiro atoms. The molecule has 0 fully saturated rings. The zero-order chi connectivity index (χ0) is 5.70. The van der Waals surface area contributed by atoms with E-state index in [9.17, 15) is 9.59 Å². The molecule has 0 saturated heterocycles. The predicted octanol–water partition coefficient (Wildman–Crippen LogP) is -1.04. The van der Waals surface area contributed by atoms with Crippen molar-refractivity contribution in [3.63, 3.8) is 0 Å². The second-order valence-corrected chi connectivity index (χ2v) is 0.737. The van der Waals surface area contributed by atoms with Gasteiger partial charge in [0, 0.05) is 6.08 Å². The summed E-state index contributed by atoms with van der Waals surface area (Å²) < 4.78 is 3.75. The molecule has 0 heterocycles. The van der Waals surface area contributed by atoms with Gasteiger partial charge in [0.15, 0.2) is 0 Å². The molecule has 0 saturated carbocycles. The van der Waals surface area contributed by atoms with Crippen molar-refractivity contribution in [3.05, 3.63) is 12.7 Å². The normalized spacial score (nSPS) is 6.00. The van der Waals surface area contributed by atoms with Crippen LogP contribution in [0.4, 0.5) is 0 Å². The van der Waals surface area contributed by atoms with Crippen LogP contribution in [0.5, 0.6) is 0 Å². The van der Waals surface area contributed by atoms with Crippen LogP contribution in [-0.2, 0) is 14.3 Å². The molecule has 3 nitrogen and oxygen atoms in total. The molecular formula is C4H6CaO3. The predicted molar refractivity (Wildman–Crippen MR) is 30.9 cm³/mol. The van der Waals surface area contributed by atoms with Gasteiger partial charge in [-0.25, -0.2) is 4.79 Å². The molecule has 0 aromatic carbocycles. The summed E-state index contributed by atoms with van der Waals surface area (Å²) in [6.07, 6.45) is 0.911. The second-order valence-electron chi connectivity index (χ2n) is 0.737. The SMILES string of the molecule is C=CC(=O)OC=O.[CaH2]. The van der Waals surface area contributed by atoms with Crippen LogP contribution in [0.2, 0.25) is 0 Å². The van der Waals surface area contributed by atoms with Gasteiger partial charge >= 0.3 is 50.2 Å². The van der Waals surface area contributed by atoms with E-state index in [0.29, 0.717) is 0 Å². The van der Waals surface area contributed by atoms with Gasteiger partial charge in [-0.05, 0) is 0 Å². The molecule has 0 atom stereocenters. The van der Waals surface area contributed by atoms with Gasteiger partial charge in [0.25, 0.3) is 0 Å². The number of esters is 1. The number of rotatable bonds is 2. The van der Waals surface area contributed by atoms with Crippen LogP contribution >= 0.6 is 0 Å². The van der Waals surface area contributed by atoms with Crippen LogP contribution in [0, 0.1) is 0 Å². The summed E-state index contributed by atoms with van der Waals surface area (Å²) in [6, 6.07) is 0. The second kappa shape index (κ2) is 7.14. The third-order valence-corrected chi connectivity index (χ3v) is 0.331. The van der Waals surface area contributed by atoms with E-state index < -0.39 is 5.97 Å². The molecule has 0 amide bonds. The Morgan fingerprint density at radius 2 is 2.12 bits per heavy atom. The first kappa shape index (κ1) is 11.0. The van der Waals surface area contributed by atoms with Crippen LogP contribution in [0.1, 0.15) is 0 Å². The summed E-state index contributed by atoms with van der Waals surface area (Å²) in [5, 5.41) is 0. The van der Waals surface area contributed by atoms with Gasteiger partial charge in [-0.2, -0.15) is 0 Å². The van der Waals surface area contributed by atoms with Crippen molar-refractivity contribution < 1.29 is 14.3 Å². The van der Waals surface area contributed by atoms with Gasteiger partial charge in [0.05, 0.1) is 0 Å². The average Bonchev–Trinajstić information content (AvgIpc) is 1.68. The molecule has 0 radical (unpaired) electrons. The van der Waals surface area contributed by atoms with Crippen molar-refractivity contribution >= 4 is 50.2 Å². The molecule has 0 aromatic heterocycles. The van der Waals surface area contributed by atoms with Crippen molar-refractivity contribution in [2.75, 3.05) is 0 Å². The number of ether oxygens (including phenoxy) is 1. The third kappa shape index (κ3) is 6.14. The van der Waals surface area contributed by atoms with Crippen LogP contribution in [0.25, 0.3) is 0 Å². The van der Waals surface area contributed by atoms with Gasteiger partial charge in [-0.3, -0.25) is 4.79 Å². The van der Waals surface area contributed by atoms with E-state index in [2.05, 4.69) is 11.3 Å². The molecule has 8 heavy (non-hydrogen) atoms. The summed E-state index contributed by atoms with van der Waals surface area (Å²) in [5.41, 5.74) is 0. The summed E-state index contributed by atoms with van der Waals surface area (Å²) in [6.45, 7) is 3.11. The first-order valence-corrected chi connectivity index (χ1v) is 1.58. The van der Waals surface area contributed by atoms with Gasteiger partial charge in [0.2, 0.25) is 0 Å². The Bertz CT molecular complexity index is 99.5. The summed E-state index contributed by atoms with van der Waals surface area (Å²) in [4.78, 5) is 19.1. The third-order valence-electron chi connectivity index (χ3n) is 0.331. The number of hydrogen-bond acceptors (Lipinski definition) is 3. The fourth-order valence-electron chi connectivity index (χ4n) is 0.0955. The van der Waals surface area contributed by atoms with Crippen LogP contribution in [0.15, 0.2) is 12.7 Å². The first-order valence-electron chi connectivity index (χ1n) is 1.58. The van der Waals surface area contributed by atoms with Gasteiger partial charge < -0.3 is 4.74 Å². The van der Waals surface area contributed by atoms with E-state index in [1.807, 2.05) is 0 Å². The zero-order valence-electron chi connectivity index (χ0n) is 3.59. The fraction of sp³-hybridized carbons (Fsp3) is 0. The van der Waals surface area contributed by atoms with E-state index in [1.165, 1.54) is 0 Å². The molecule has 0 aliphatic heterocycles. The van der Waals surface area contributed by atoms with E-state index >= 15 is 0 Å². The molecule has 0 unspecified atom stereocenters. The van der Waals surface area contributed by atoms with Crippen LogP contribution in [-0.4, -0.2) is 50.2 Å². The molecule has 0 rings (SSSR count). The van der Waals surface area contributed by atoms with Crippen molar-refractivity contribution in [3.8, 4) is 0 Å². The quantitative estimate of drug-likeness (QED) is 0.162. The Morgan fingerprint density at radius 3 is 2.25 bits per heavy atom. The minimum absolute atomic E-state index is 0. The Kier molecular flexibility index (Phi) is 9.82. The van der Waals surface area contributed by atoms with Gasteiger partial charge in [-0.15, -0.1) is 0 Å². The Hall–Kier alpha value is 0.140. The molecule has 4 heteroatoms. The number of carbonyl (C=O) groups excluding carboxylic acids is 2. The van der Waals surface area contributed by atoms with Crippen molar-refractivity contribution in [2.45, 2.75) is 0 Å². The van der Waals surface area contributed by atoms with E-state index in [-0.39, 0.29) is 44.2 Å². The number of hydrogen-bond donors (Lipinski definition) is 0. The van der Waals surface area contributed by atoms with Gasteiger partial charge in [-0.1, -0.05) is 6.58 Å². The van der Waals surface area contributed by atoms with Crippen LogP contribution < -0.4 is 0 Å². The minimum atomic E-state index is -0.727. The molecule has 0 aliphatic rings. The summed E-state index contributed by atoms with van der Waals surface area (Å²) >= 11 is 0. The first-order chi connectivity index (χ1) is 3.31. The fourth-order valence-corrected chi connectivity index (χ4v) is 0.0955. The maximum atomic E-state index is 9.84. The average molecular weight is 142 g/mol. The van der Waals surface area contributed by atoms with E-state index in [4.69, 9.17) is 0 Å². The monoisotopic (exact) mass is 142 g/mol. The summed E-state index contributed by atoms with van der Waals surface area (Å²) in [7, 11) is 0. The zero-order valence-corrected chi connectivity index (χ0v) is 3.59. The van der Waals surface area contributed by atoms with Crippen LogP contribution in [0.3, 0.4) is 0 Å². The van der Waals surface area contributed by atoms with Crippen molar-refractivity contribution in [1.82, 2.24) is 0 Å². The topological polar surface area (TPSA) is 43.4 Å². The molecule has 0 bridgehead atoms. The van der Waals surface area contributed by atoms with E-state index in [1.54, 1.807) is 0 Å². The molecular weight excluding hydrogens is 136 g/mol. The van der Waals surface area contributed by atoms with Crippen molar-refractivity contribution in [1.29, 1.82) is 0 Å². The molecule has 0 aliphatic carbocycles. The Morgan fingerprint density at radius 1 is 1.62 bits per heavy atom. The van der Waals surface area contributed by atoms with Crippen molar-refractivity contribution in [2.24, 2.45) is 0 Å². The van der Waals surface area contributed by atoms with E-state index in [0.717, 1.165) is 6.08 Å². The maximum absolute atomic E-state index is 9.84. The Balaban J connectivity index is 0. The summed E-state index contributed by atoms with van der Waals surface area (Å²) in [5.74, 6) is -0.727.